The van der Waals surface area contributed by atoms with Gasteiger partial charge < -0.3 is 15.2 Å². The van der Waals surface area contributed by atoms with Crippen molar-refractivity contribution in [3.8, 4) is 5.75 Å². The molecule has 24 heavy (non-hydrogen) atoms. The molecule has 0 aliphatic carbocycles. The van der Waals surface area contributed by atoms with Gasteiger partial charge in [0.2, 0.25) is 0 Å². The molecule has 1 atom stereocenters. The number of nitrogens with two attached hydrogens (primary N) is 1. The van der Waals surface area contributed by atoms with Gasteiger partial charge in [-0.3, -0.25) is 0 Å². The van der Waals surface area contributed by atoms with Crippen LogP contribution in [0.15, 0.2) is 42.5 Å². The Morgan fingerprint density at radius 1 is 1.08 bits per heavy atom. The second-order valence-corrected chi connectivity index (χ2v) is 6.47. The van der Waals surface area contributed by atoms with Crippen molar-refractivity contribution in [1.82, 2.24) is 0 Å². The van der Waals surface area contributed by atoms with E-state index in [1.165, 1.54) is 0 Å². The SMILES string of the molecule is COc1ccc(COCC(C)(C)C(N)c2cc(F)ccc2F)cc1. The zero-order valence-electron chi connectivity index (χ0n) is 14.2. The molecule has 0 aliphatic rings. The molecule has 3 nitrogen and oxygen atoms in total. The molecule has 130 valence electrons. The van der Waals surface area contributed by atoms with Crippen molar-refractivity contribution in [1.29, 1.82) is 0 Å². The molecule has 2 aromatic rings. The van der Waals surface area contributed by atoms with Crippen LogP contribution in [0.5, 0.6) is 5.75 Å². The predicted molar refractivity (Wildman–Crippen MR) is 89.7 cm³/mol. The number of rotatable bonds is 7. The summed E-state index contributed by atoms with van der Waals surface area (Å²) < 4.78 is 38.1. The molecule has 0 radical (unpaired) electrons. The molecule has 0 aromatic heterocycles. The van der Waals surface area contributed by atoms with Crippen LogP contribution < -0.4 is 10.5 Å². The van der Waals surface area contributed by atoms with E-state index in [9.17, 15) is 8.78 Å². The Hall–Kier alpha value is -1.98. The number of halogens is 2. The molecule has 0 saturated heterocycles. The van der Waals surface area contributed by atoms with Gasteiger partial charge in [-0.2, -0.15) is 0 Å². The fraction of sp³-hybridized carbons (Fsp3) is 0.368. The third-order valence-electron chi connectivity index (χ3n) is 4.04. The molecule has 1 unspecified atom stereocenters. The summed E-state index contributed by atoms with van der Waals surface area (Å²) in [5.41, 5.74) is 6.76. The highest BCUT2D eigenvalue weighted by Crippen LogP contribution is 2.33. The quantitative estimate of drug-likeness (QED) is 0.824. The summed E-state index contributed by atoms with van der Waals surface area (Å²) in [7, 11) is 1.61. The van der Waals surface area contributed by atoms with E-state index in [1.807, 2.05) is 38.1 Å². The molecule has 0 aliphatic heterocycles. The normalized spacial score (nSPS) is 12.9. The van der Waals surface area contributed by atoms with Gasteiger partial charge in [0, 0.05) is 17.0 Å². The van der Waals surface area contributed by atoms with Crippen molar-refractivity contribution in [2.24, 2.45) is 11.1 Å². The summed E-state index contributed by atoms with van der Waals surface area (Å²) in [6.45, 7) is 4.47. The lowest BCUT2D eigenvalue weighted by atomic mass is 9.81. The van der Waals surface area contributed by atoms with Crippen LogP contribution in [0.3, 0.4) is 0 Å². The molecule has 0 heterocycles. The summed E-state index contributed by atoms with van der Waals surface area (Å²) in [5, 5.41) is 0. The smallest absolute Gasteiger partial charge is 0.128 e. The minimum absolute atomic E-state index is 0.160. The maximum atomic E-state index is 13.9. The zero-order chi connectivity index (χ0) is 17.7. The van der Waals surface area contributed by atoms with E-state index >= 15 is 0 Å². The number of methoxy groups -OCH3 is 1. The Kier molecular flexibility index (Phi) is 5.91. The van der Waals surface area contributed by atoms with Crippen LogP contribution in [-0.4, -0.2) is 13.7 Å². The molecule has 0 saturated carbocycles. The van der Waals surface area contributed by atoms with Crippen LogP contribution in [0.1, 0.15) is 31.0 Å². The Labute approximate surface area is 141 Å². The number of ether oxygens (including phenoxy) is 2. The third kappa shape index (κ3) is 4.52. The van der Waals surface area contributed by atoms with Gasteiger partial charge in [-0.25, -0.2) is 8.78 Å². The molecule has 2 aromatic carbocycles. The molecule has 0 fully saturated rings. The molecule has 2 rings (SSSR count). The molecular formula is C19H23F2NO2. The van der Waals surface area contributed by atoms with E-state index < -0.39 is 23.1 Å². The van der Waals surface area contributed by atoms with Gasteiger partial charge in [-0.05, 0) is 35.9 Å². The first-order valence-corrected chi connectivity index (χ1v) is 7.74. The predicted octanol–water partition coefficient (Wildman–Crippen LogP) is 4.22. The van der Waals surface area contributed by atoms with E-state index in [4.69, 9.17) is 15.2 Å². The molecule has 0 spiro atoms. The fourth-order valence-electron chi connectivity index (χ4n) is 2.42. The van der Waals surface area contributed by atoms with Gasteiger partial charge >= 0.3 is 0 Å². The van der Waals surface area contributed by atoms with Gasteiger partial charge in [0.25, 0.3) is 0 Å². The lowest BCUT2D eigenvalue weighted by Gasteiger charge is -2.32. The van der Waals surface area contributed by atoms with Crippen LogP contribution in [0, 0.1) is 17.0 Å². The van der Waals surface area contributed by atoms with Crippen molar-refractivity contribution >= 4 is 0 Å². The number of benzene rings is 2. The summed E-state index contributed by atoms with van der Waals surface area (Å²) >= 11 is 0. The van der Waals surface area contributed by atoms with Crippen LogP contribution in [0.2, 0.25) is 0 Å². The average molecular weight is 335 g/mol. The van der Waals surface area contributed by atoms with Gasteiger partial charge in [0.1, 0.15) is 17.4 Å². The van der Waals surface area contributed by atoms with E-state index in [-0.39, 0.29) is 5.56 Å². The highest BCUT2D eigenvalue weighted by atomic mass is 19.1. The Morgan fingerprint density at radius 2 is 1.75 bits per heavy atom. The largest absolute Gasteiger partial charge is 0.497 e. The van der Waals surface area contributed by atoms with Crippen LogP contribution >= 0.6 is 0 Å². The van der Waals surface area contributed by atoms with Gasteiger partial charge in [0.05, 0.1) is 20.3 Å². The minimum atomic E-state index is -0.677. The first-order valence-electron chi connectivity index (χ1n) is 7.74. The number of hydrogen-bond donors (Lipinski definition) is 1. The lowest BCUT2D eigenvalue weighted by Crippen LogP contribution is -2.34. The molecular weight excluding hydrogens is 312 g/mol. The first-order chi connectivity index (χ1) is 11.3. The maximum Gasteiger partial charge on any atom is 0.128 e. The summed E-state index contributed by atoms with van der Waals surface area (Å²) in [6.07, 6.45) is 0. The van der Waals surface area contributed by atoms with Crippen molar-refractivity contribution in [2.75, 3.05) is 13.7 Å². The van der Waals surface area contributed by atoms with Crippen molar-refractivity contribution in [2.45, 2.75) is 26.5 Å². The molecule has 0 amide bonds. The minimum Gasteiger partial charge on any atom is -0.497 e. The summed E-state index contributed by atoms with van der Waals surface area (Å²) in [4.78, 5) is 0. The first kappa shape index (κ1) is 18.4. The van der Waals surface area contributed by atoms with Crippen LogP contribution in [0.25, 0.3) is 0 Å². The van der Waals surface area contributed by atoms with Gasteiger partial charge in [0.15, 0.2) is 0 Å². The van der Waals surface area contributed by atoms with Crippen LogP contribution in [0.4, 0.5) is 8.78 Å². The average Bonchev–Trinajstić information content (AvgIpc) is 2.57. The van der Waals surface area contributed by atoms with Crippen molar-refractivity contribution in [3.05, 3.63) is 65.2 Å². The Balaban J connectivity index is 1.97. The number of hydrogen-bond acceptors (Lipinski definition) is 3. The van der Waals surface area contributed by atoms with E-state index in [1.54, 1.807) is 7.11 Å². The lowest BCUT2D eigenvalue weighted by molar-refractivity contribution is 0.0373. The zero-order valence-corrected chi connectivity index (χ0v) is 14.2. The van der Waals surface area contributed by atoms with E-state index in [2.05, 4.69) is 0 Å². The van der Waals surface area contributed by atoms with Crippen molar-refractivity contribution < 1.29 is 18.3 Å². The summed E-state index contributed by atoms with van der Waals surface area (Å²) in [5.74, 6) is -0.230. The highest BCUT2D eigenvalue weighted by Gasteiger charge is 2.30. The molecule has 0 bridgehead atoms. The molecule has 2 N–H and O–H groups in total. The topological polar surface area (TPSA) is 44.5 Å². The second-order valence-electron chi connectivity index (χ2n) is 6.47. The van der Waals surface area contributed by atoms with E-state index in [0.29, 0.717) is 13.2 Å². The summed E-state index contributed by atoms with van der Waals surface area (Å²) in [6, 6.07) is 10.2. The van der Waals surface area contributed by atoms with Gasteiger partial charge in [-0.15, -0.1) is 0 Å². The van der Waals surface area contributed by atoms with Gasteiger partial charge in [-0.1, -0.05) is 26.0 Å². The standard InChI is InChI=1S/C19H23F2NO2/c1-19(2,18(22)16-10-14(20)6-9-17(16)21)12-24-11-13-4-7-15(23-3)8-5-13/h4-10,18H,11-12,22H2,1-3H3. The van der Waals surface area contributed by atoms with Crippen LogP contribution in [-0.2, 0) is 11.3 Å². The fourth-order valence-corrected chi connectivity index (χ4v) is 2.42. The Bertz CT molecular complexity index is 672. The maximum absolute atomic E-state index is 13.9. The monoisotopic (exact) mass is 335 g/mol. The highest BCUT2D eigenvalue weighted by molar-refractivity contribution is 5.27. The third-order valence-corrected chi connectivity index (χ3v) is 4.04. The Morgan fingerprint density at radius 3 is 2.38 bits per heavy atom. The molecule has 5 heteroatoms. The van der Waals surface area contributed by atoms with E-state index in [0.717, 1.165) is 29.5 Å². The van der Waals surface area contributed by atoms with Crippen molar-refractivity contribution in [3.63, 3.8) is 0 Å². The second kappa shape index (κ2) is 7.73.